The molecule has 1 aliphatic rings. The standard InChI is InChI=1S/C21H20N4O2S/c1-21(20(27)24(2)16-10-6-7-11-17(16)28-21)19(26)22-18-12-13-25(23-18)14-15-8-4-3-5-9-15/h3-13H,14H2,1-2H3,(H,22,23,26). The molecule has 7 heteroatoms. The first-order chi connectivity index (χ1) is 13.5. The van der Waals surface area contributed by atoms with Crippen LogP contribution >= 0.6 is 11.8 Å². The zero-order valence-electron chi connectivity index (χ0n) is 15.6. The van der Waals surface area contributed by atoms with Gasteiger partial charge in [-0.15, -0.1) is 0 Å². The van der Waals surface area contributed by atoms with E-state index in [-0.39, 0.29) is 11.8 Å². The Balaban J connectivity index is 1.51. The maximum Gasteiger partial charge on any atom is 0.252 e. The zero-order chi connectivity index (χ0) is 19.7. The third-order valence-electron chi connectivity index (χ3n) is 4.76. The van der Waals surface area contributed by atoms with Gasteiger partial charge in [-0.3, -0.25) is 14.3 Å². The number of rotatable bonds is 4. The molecule has 142 valence electrons. The molecule has 0 saturated carbocycles. The van der Waals surface area contributed by atoms with E-state index in [9.17, 15) is 9.59 Å². The number of hydrogen-bond acceptors (Lipinski definition) is 4. The van der Waals surface area contributed by atoms with E-state index in [2.05, 4.69) is 10.4 Å². The molecule has 1 aliphatic heterocycles. The number of thioether (sulfide) groups is 1. The normalized spacial score (nSPS) is 18.6. The summed E-state index contributed by atoms with van der Waals surface area (Å²) in [6, 6.07) is 19.3. The number of benzene rings is 2. The maximum absolute atomic E-state index is 13.0. The lowest BCUT2D eigenvalue weighted by Gasteiger charge is -2.36. The summed E-state index contributed by atoms with van der Waals surface area (Å²) >= 11 is 1.27. The van der Waals surface area contributed by atoms with Crippen LogP contribution in [0.15, 0.2) is 71.8 Å². The van der Waals surface area contributed by atoms with Gasteiger partial charge in [0.15, 0.2) is 10.6 Å². The fraction of sp³-hybridized carbons (Fsp3) is 0.190. The number of carbonyl (C=O) groups is 2. The van der Waals surface area contributed by atoms with E-state index in [4.69, 9.17) is 0 Å². The first-order valence-corrected chi connectivity index (χ1v) is 9.74. The van der Waals surface area contributed by atoms with E-state index in [0.29, 0.717) is 12.4 Å². The van der Waals surface area contributed by atoms with Crippen molar-refractivity contribution in [3.05, 3.63) is 72.4 Å². The first kappa shape index (κ1) is 18.3. The van der Waals surface area contributed by atoms with Crippen molar-refractivity contribution in [3.8, 4) is 0 Å². The first-order valence-electron chi connectivity index (χ1n) is 8.92. The van der Waals surface area contributed by atoms with E-state index in [1.165, 1.54) is 11.8 Å². The SMILES string of the molecule is CN1C(=O)C(C)(C(=O)Nc2ccn(Cc3ccccc3)n2)Sc2ccccc21. The molecule has 2 aromatic carbocycles. The number of para-hydroxylation sites is 1. The van der Waals surface area contributed by atoms with E-state index >= 15 is 0 Å². The molecule has 0 spiro atoms. The number of anilines is 2. The number of carbonyl (C=O) groups excluding carboxylic acids is 2. The van der Waals surface area contributed by atoms with Crippen LogP contribution in [-0.4, -0.2) is 33.4 Å². The average molecular weight is 392 g/mol. The highest BCUT2D eigenvalue weighted by molar-refractivity contribution is 8.02. The molecule has 6 nitrogen and oxygen atoms in total. The monoisotopic (exact) mass is 392 g/mol. The van der Waals surface area contributed by atoms with Gasteiger partial charge in [-0.25, -0.2) is 0 Å². The Labute approximate surface area is 167 Å². The predicted molar refractivity (Wildman–Crippen MR) is 111 cm³/mol. The number of fused-ring (bicyclic) bond motifs is 1. The number of nitrogens with one attached hydrogen (secondary N) is 1. The van der Waals surface area contributed by atoms with Crippen molar-refractivity contribution in [1.29, 1.82) is 0 Å². The van der Waals surface area contributed by atoms with Gasteiger partial charge in [-0.2, -0.15) is 5.10 Å². The molecular weight excluding hydrogens is 372 g/mol. The molecule has 0 aliphatic carbocycles. The lowest BCUT2D eigenvalue weighted by atomic mass is 10.1. The summed E-state index contributed by atoms with van der Waals surface area (Å²) in [6.07, 6.45) is 1.81. The van der Waals surface area contributed by atoms with Gasteiger partial charge < -0.3 is 10.2 Å². The van der Waals surface area contributed by atoms with Gasteiger partial charge in [0, 0.05) is 24.2 Å². The summed E-state index contributed by atoms with van der Waals surface area (Å²) in [7, 11) is 1.70. The predicted octanol–water partition coefficient (Wildman–Crippen LogP) is 3.40. The molecule has 2 heterocycles. The van der Waals surface area contributed by atoms with E-state index in [1.807, 2.05) is 60.8 Å². The molecular formula is C21H20N4O2S. The van der Waals surface area contributed by atoms with Crippen molar-refractivity contribution >= 4 is 35.1 Å². The second-order valence-corrected chi connectivity index (χ2v) is 8.27. The van der Waals surface area contributed by atoms with Crippen LogP contribution in [0.5, 0.6) is 0 Å². The minimum Gasteiger partial charge on any atom is -0.313 e. The summed E-state index contributed by atoms with van der Waals surface area (Å²) in [6.45, 7) is 2.26. The van der Waals surface area contributed by atoms with Crippen molar-refractivity contribution in [2.24, 2.45) is 0 Å². The third-order valence-corrected chi connectivity index (χ3v) is 6.09. The van der Waals surface area contributed by atoms with E-state index in [0.717, 1.165) is 16.1 Å². The van der Waals surface area contributed by atoms with E-state index in [1.54, 1.807) is 29.6 Å². The van der Waals surface area contributed by atoms with Gasteiger partial charge in [-0.1, -0.05) is 54.2 Å². The molecule has 1 atom stereocenters. The third kappa shape index (κ3) is 3.29. The van der Waals surface area contributed by atoms with Crippen LogP contribution in [0.2, 0.25) is 0 Å². The molecule has 0 saturated heterocycles. The second-order valence-electron chi connectivity index (χ2n) is 6.81. The van der Waals surface area contributed by atoms with Crippen molar-refractivity contribution in [2.45, 2.75) is 23.1 Å². The number of aromatic nitrogens is 2. The summed E-state index contributed by atoms with van der Waals surface area (Å²) in [4.78, 5) is 28.3. The Bertz CT molecular complexity index is 1030. The van der Waals surface area contributed by atoms with Gasteiger partial charge in [0.05, 0.1) is 12.2 Å². The van der Waals surface area contributed by atoms with Crippen LogP contribution in [-0.2, 0) is 16.1 Å². The summed E-state index contributed by atoms with van der Waals surface area (Å²) < 4.78 is 0.497. The summed E-state index contributed by atoms with van der Waals surface area (Å²) in [5.74, 6) is -0.205. The molecule has 1 aromatic heterocycles. The van der Waals surface area contributed by atoms with Gasteiger partial charge >= 0.3 is 0 Å². The topological polar surface area (TPSA) is 67.2 Å². The lowest BCUT2D eigenvalue weighted by molar-refractivity contribution is -0.128. The summed E-state index contributed by atoms with van der Waals surface area (Å²) in [5, 5.41) is 7.21. The number of nitrogens with zero attached hydrogens (tertiary/aromatic N) is 3. The Hall–Kier alpha value is -3.06. The van der Waals surface area contributed by atoms with Crippen LogP contribution in [0, 0.1) is 0 Å². The number of hydrogen-bond donors (Lipinski definition) is 1. The molecule has 1 N–H and O–H groups in total. The van der Waals surface area contributed by atoms with Crippen molar-refractivity contribution in [3.63, 3.8) is 0 Å². The Morgan fingerprint density at radius 2 is 1.82 bits per heavy atom. The van der Waals surface area contributed by atoms with Crippen LogP contribution in [0.25, 0.3) is 0 Å². The van der Waals surface area contributed by atoms with Gasteiger partial charge in [0.1, 0.15) is 0 Å². The zero-order valence-corrected chi connectivity index (χ0v) is 16.4. The molecule has 0 bridgehead atoms. The van der Waals surface area contributed by atoms with Gasteiger partial charge in [0.2, 0.25) is 0 Å². The highest BCUT2D eigenvalue weighted by atomic mass is 32.2. The van der Waals surface area contributed by atoms with Crippen LogP contribution < -0.4 is 10.2 Å². The Kier molecular flexibility index (Phi) is 4.68. The minimum absolute atomic E-state index is 0.252. The maximum atomic E-state index is 13.0. The number of amides is 2. The molecule has 1 unspecified atom stereocenters. The molecule has 28 heavy (non-hydrogen) atoms. The second kappa shape index (κ2) is 7.16. The van der Waals surface area contributed by atoms with E-state index < -0.39 is 4.75 Å². The quantitative estimate of drug-likeness (QED) is 0.691. The average Bonchev–Trinajstić information content (AvgIpc) is 3.13. The fourth-order valence-electron chi connectivity index (χ4n) is 3.18. The molecule has 2 amide bonds. The van der Waals surface area contributed by atoms with Crippen molar-refractivity contribution < 1.29 is 9.59 Å². The van der Waals surface area contributed by atoms with Crippen molar-refractivity contribution in [1.82, 2.24) is 9.78 Å². The van der Waals surface area contributed by atoms with Crippen LogP contribution in [0.4, 0.5) is 11.5 Å². The molecule has 3 aromatic rings. The molecule has 0 radical (unpaired) electrons. The molecule has 4 rings (SSSR count). The van der Waals surface area contributed by atoms with Crippen LogP contribution in [0.3, 0.4) is 0 Å². The van der Waals surface area contributed by atoms with Crippen molar-refractivity contribution in [2.75, 3.05) is 17.3 Å². The fourth-order valence-corrected chi connectivity index (χ4v) is 4.44. The summed E-state index contributed by atoms with van der Waals surface area (Å²) in [5.41, 5.74) is 1.93. The lowest BCUT2D eigenvalue weighted by Crippen LogP contribution is -2.53. The highest BCUT2D eigenvalue weighted by Gasteiger charge is 2.48. The van der Waals surface area contributed by atoms with Gasteiger partial charge in [-0.05, 0) is 24.6 Å². The highest BCUT2D eigenvalue weighted by Crippen LogP contribution is 2.45. The van der Waals surface area contributed by atoms with Gasteiger partial charge in [0.25, 0.3) is 11.8 Å². The largest absolute Gasteiger partial charge is 0.313 e. The Morgan fingerprint density at radius 3 is 2.61 bits per heavy atom. The minimum atomic E-state index is -1.26. The Morgan fingerprint density at radius 1 is 1.11 bits per heavy atom. The van der Waals surface area contributed by atoms with Crippen LogP contribution in [0.1, 0.15) is 12.5 Å². The smallest absolute Gasteiger partial charge is 0.252 e. The molecule has 0 fully saturated rings.